The first-order chi connectivity index (χ1) is 7.68. The molecule has 1 N–H and O–H groups in total. The van der Waals surface area contributed by atoms with Crippen molar-refractivity contribution in [3.63, 3.8) is 0 Å². The van der Waals surface area contributed by atoms with Gasteiger partial charge in [0.05, 0.1) is 12.3 Å². The second-order valence-electron chi connectivity index (χ2n) is 5.07. The van der Waals surface area contributed by atoms with E-state index < -0.39 is 9.84 Å². The van der Waals surface area contributed by atoms with Crippen LogP contribution in [0.15, 0.2) is 4.52 Å². The lowest BCUT2D eigenvalue weighted by Crippen LogP contribution is -2.22. The number of nitrogens with one attached hydrogen (secondary N) is 1. The molecule has 0 aliphatic heterocycles. The maximum absolute atomic E-state index is 10.9. The molecule has 0 amide bonds. The summed E-state index contributed by atoms with van der Waals surface area (Å²) < 4.78 is 26.8. The Morgan fingerprint density at radius 1 is 1.35 bits per heavy atom. The molecule has 0 saturated heterocycles. The second-order valence-corrected chi connectivity index (χ2v) is 7.33. The molecule has 1 aromatic heterocycles. The van der Waals surface area contributed by atoms with Gasteiger partial charge in [-0.15, -0.1) is 0 Å². The molecular formula is C10H19N3O3S. The fourth-order valence-electron chi connectivity index (χ4n) is 1.08. The number of aromatic nitrogens is 2. The molecule has 0 aromatic carbocycles. The molecule has 7 heteroatoms. The zero-order valence-electron chi connectivity index (χ0n) is 10.6. The molecule has 0 fully saturated rings. The summed E-state index contributed by atoms with van der Waals surface area (Å²) in [6.45, 7) is 6.76. The predicted octanol–water partition coefficient (Wildman–Crippen LogP) is 0.501. The van der Waals surface area contributed by atoms with Gasteiger partial charge >= 0.3 is 0 Å². The van der Waals surface area contributed by atoms with Crippen LogP contribution in [-0.2, 0) is 21.8 Å². The lowest BCUT2D eigenvalue weighted by Gasteiger charge is -2.10. The predicted molar refractivity (Wildman–Crippen MR) is 64.4 cm³/mol. The summed E-state index contributed by atoms with van der Waals surface area (Å²) in [4.78, 5) is 4.23. The van der Waals surface area contributed by atoms with Gasteiger partial charge in [-0.1, -0.05) is 25.9 Å². The van der Waals surface area contributed by atoms with Crippen LogP contribution in [0.5, 0.6) is 0 Å². The van der Waals surface area contributed by atoms with Crippen molar-refractivity contribution in [3.8, 4) is 0 Å². The van der Waals surface area contributed by atoms with Crippen LogP contribution in [0.4, 0.5) is 0 Å². The van der Waals surface area contributed by atoms with E-state index in [1.807, 2.05) is 20.8 Å². The van der Waals surface area contributed by atoms with Crippen LogP contribution in [0.1, 0.15) is 32.5 Å². The summed E-state index contributed by atoms with van der Waals surface area (Å²) in [6.07, 6.45) is 1.21. The van der Waals surface area contributed by atoms with Crippen LogP contribution in [0.3, 0.4) is 0 Å². The first-order valence-corrected chi connectivity index (χ1v) is 7.46. The van der Waals surface area contributed by atoms with Crippen LogP contribution in [-0.4, -0.2) is 37.1 Å². The molecule has 0 aliphatic rings. The van der Waals surface area contributed by atoms with Gasteiger partial charge in [-0.3, -0.25) is 0 Å². The summed E-state index contributed by atoms with van der Waals surface area (Å²) >= 11 is 0. The summed E-state index contributed by atoms with van der Waals surface area (Å²) in [5.41, 5.74) is -0.144. The van der Waals surface area contributed by atoms with Gasteiger partial charge in [0.25, 0.3) is 0 Å². The van der Waals surface area contributed by atoms with Crippen LogP contribution < -0.4 is 5.32 Å². The van der Waals surface area contributed by atoms with E-state index in [9.17, 15) is 8.42 Å². The summed E-state index contributed by atoms with van der Waals surface area (Å²) in [6, 6.07) is 0. The van der Waals surface area contributed by atoms with Crippen LogP contribution in [0.25, 0.3) is 0 Å². The van der Waals surface area contributed by atoms with Gasteiger partial charge in [-0.25, -0.2) is 8.42 Å². The van der Waals surface area contributed by atoms with E-state index in [0.29, 0.717) is 24.8 Å². The summed E-state index contributed by atoms with van der Waals surface area (Å²) in [7, 11) is -2.93. The van der Waals surface area contributed by atoms with E-state index in [1.165, 1.54) is 6.26 Å². The van der Waals surface area contributed by atoms with Crippen molar-refractivity contribution in [2.45, 2.75) is 32.7 Å². The van der Waals surface area contributed by atoms with E-state index in [2.05, 4.69) is 15.5 Å². The molecule has 0 spiro atoms. The van der Waals surface area contributed by atoms with Gasteiger partial charge in [-0.2, -0.15) is 4.98 Å². The molecular weight excluding hydrogens is 242 g/mol. The molecule has 0 unspecified atom stereocenters. The molecule has 6 nitrogen and oxygen atoms in total. The minimum Gasteiger partial charge on any atom is -0.338 e. The van der Waals surface area contributed by atoms with Crippen molar-refractivity contribution in [3.05, 3.63) is 11.7 Å². The van der Waals surface area contributed by atoms with E-state index in [0.717, 1.165) is 0 Å². The topological polar surface area (TPSA) is 85.1 Å². The lowest BCUT2D eigenvalue weighted by atomic mass is 9.96. The quantitative estimate of drug-likeness (QED) is 0.777. The Labute approximate surface area is 102 Å². The van der Waals surface area contributed by atoms with Gasteiger partial charge in [0.15, 0.2) is 5.82 Å². The fraction of sp³-hybridized carbons (Fsp3) is 0.800. The molecule has 1 rings (SSSR count). The minimum absolute atomic E-state index is 0.104. The molecule has 17 heavy (non-hydrogen) atoms. The van der Waals surface area contributed by atoms with Gasteiger partial charge < -0.3 is 9.84 Å². The number of hydrogen-bond donors (Lipinski definition) is 1. The molecule has 0 saturated carbocycles. The Hall–Kier alpha value is -0.950. The SMILES string of the molecule is CC(C)(C)c1noc(CNCCS(C)(=O)=O)n1. The van der Waals surface area contributed by atoms with Crippen LogP contribution in [0, 0.1) is 0 Å². The zero-order valence-corrected chi connectivity index (χ0v) is 11.5. The Morgan fingerprint density at radius 3 is 2.47 bits per heavy atom. The highest BCUT2D eigenvalue weighted by Gasteiger charge is 2.20. The van der Waals surface area contributed by atoms with Gasteiger partial charge in [0.1, 0.15) is 9.84 Å². The Balaban J connectivity index is 2.41. The first-order valence-electron chi connectivity index (χ1n) is 5.40. The number of sulfone groups is 1. The summed E-state index contributed by atoms with van der Waals surface area (Å²) in [5.74, 6) is 1.23. The van der Waals surface area contributed by atoms with Crippen molar-refractivity contribution >= 4 is 9.84 Å². The third-order valence-electron chi connectivity index (χ3n) is 2.06. The van der Waals surface area contributed by atoms with Gasteiger partial charge in [0.2, 0.25) is 5.89 Å². The average Bonchev–Trinajstić information content (AvgIpc) is 2.58. The van der Waals surface area contributed by atoms with Crippen molar-refractivity contribution in [1.29, 1.82) is 0 Å². The van der Waals surface area contributed by atoms with Gasteiger partial charge in [0, 0.05) is 18.2 Å². The Kier molecular flexibility index (Phi) is 4.26. The number of hydrogen-bond acceptors (Lipinski definition) is 6. The maximum atomic E-state index is 10.9. The smallest absolute Gasteiger partial charge is 0.240 e. The van der Waals surface area contributed by atoms with E-state index in [-0.39, 0.29) is 11.2 Å². The molecule has 98 valence electrons. The maximum Gasteiger partial charge on any atom is 0.240 e. The third-order valence-corrected chi connectivity index (χ3v) is 3.01. The van der Waals surface area contributed by atoms with Crippen LogP contribution >= 0.6 is 0 Å². The van der Waals surface area contributed by atoms with Crippen molar-refractivity contribution in [2.24, 2.45) is 0 Å². The molecule has 1 heterocycles. The van der Waals surface area contributed by atoms with E-state index in [4.69, 9.17) is 4.52 Å². The lowest BCUT2D eigenvalue weighted by molar-refractivity contribution is 0.355. The van der Waals surface area contributed by atoms with Crippen molar-refractivity contribution < 1.29 is 12.9 Å². The normalized spacial score (nSPS) is 12.9. The highest BCUT2D eigenvalue weighted by atomic mass is 32.2. The summed E-state index contributed by atoms with van der Waals surface area (Å²) in [5, 5.41) is 6.82. The standard InChI is InChI=1S/C10H19N3O3S/c1-10(2,3)9-12-8(16-13-9)7-11-5-6-17(4,14)15/h11H,5-7H2,1-4H3. The first kappa shape index (κ1) is 14.1. The molecule has 0 radical (unpaired) electrons. The van der Waals surface area contributed by atoms with E-state index >= 15 is 0 Å². The molecule has 1 aromatic rings. The van der Waals surface area contributed by atoms with Gasteiger partial charge in [-0.05, 0) is 0 Å². The van der Waals surface area contributed by atoms with E-state index in [1.54, 1.807) is 0 Å². The van der Waals surface area contributed by atoms with Crippen molar-refractivity contribution in [1.82, 2.24) is 15.5 Å². The second kappa shape index (κ2) is 5.14. The Bertz CT molecular complexity index is 459. The largest absolute Gasteiger partial charge is 0.338 e. The highest BCUT2D eigenvalue weighted by Crippen LogP contribution is 2.18. The average molecular weight is 261 g/mol. The zero-order chi connectivity index (χ0) is 13.1. The monoisotopic (exact) mass is 261 g/mol. The molecule has 0 atom stereocenters. The van der Waals surface area contributed by atoms with Crippen LogP contribution in [0.2, 0.25) is 0 Å². The molecule has 0 bridgehead atoms. The Morgan fingerprint density at radius 2 is 2.00 bits per heavy atom. The van der Waals surface area contributed by atoms with Crippen molar-refractivity contribution in [2.75, 3.05) is 18.6 Å². The number of rotatable bonds is 5. The number of nitrogens with zero attached hydrogens (tertiary/aromatic N) is 2. The minimum atomic E-state index is -2.93. The molecule has 0 aliphatic carbocycles. The fourth-order valence-corrected chi connectivity index (χ4v) is 1.60. The third kappa shape index (κ3) is 5.27. The highest BCUT2D eigenvalue weighted by molar-refractivity contribution is 7.90.